The summed E-state index contributed by atoms with van der Waals surface area (Å²) in [6.45, 7) is 4.05. The number of hydrogen-bond acceptors (Lipinski definition) is 5. The Bertz CT molecular complexity index is 967. The van der Waals surface area contributed by atoms with E-state index in [1.54, 1.807) is 30.0 Å². The lowest BCUT2D eigenvalue weighted by atomic mass is 9.84. The molecule has 2 aliphatic carbocycles. The predicted molar refractivity (Wildman–Crippen MR) is 121 cm³/mol. The summed E-state index contributed by atoms with van der Waals surface area (Å²) in [5.41, 5.74) is 0. The van der Waals surface area contributed by atoms with Crippen LogP contribution in [0.2, 0.25) is 0 Å². The van der Waals surface area contributed by atoms with E-state index >= 15 is 0 Å². The van der Waals surface area contributed by atoms with Crippen molar-refractivity contribution in [3.8, 4) is 5.75 Å². The van der Waals surface area contributed by atoms with Crippen molar-refractivity contribution in [3.63, 3.8) is 0 Å². The highest BCUT2D eigenvalue weighted by Crippen LogP contribution is 2.52. The lowest BCUT2D eigenvalue weighted by Gasteiger charge is -2.30. The number of nitrogens with zero attached hydrogens (tertiary/aromatic N) is 4. The van der Waals surface area contributed by atoms with Gasteiger partial charge in [-0.1, -0.05) is 30.3 Å². The zero-order valence-corrected chi connectivity index (χ0v) is 19.4. The van der Waals surface area contributed by atoms with Crippen LogP contribution in [0.25, 0.3) is 0 Å². The zero-order valence-electron chi connectivity index (χ0n) is 18.6. The van der Waals surface area contributed by atoms with Crippen LogP contribution in [0.3, 0.4) is 0 Å². The fourth-order valence-electron chi connectivity index (χ4n) is 5.88. The SMILES string of the molecule is CC(C1CC2CCC1C2)n1c(COc2ccccc2F)nnc1SCCN1CCCC1=O. The third kappa shape index (κ3) is 4.38. The molecule has 2 bridgehead atoms. The smallest absolute Gasteiger partial charge is 0.222 e. The minimum atomic E-state index is -0.371. The molecular formula is C24H31FN4O2S. The van der Waals surface area contributed by atoms with Crippen molar-refractivity contribution in [1.29, 1.82) is 0 Å². The second-order valence-corrected chi connectivity index (χ2v) is 10.5. The van der Waals surface area contributed by atoms with E-state index in [-0.39, 0.29) is 30.1 Å². The van der Waals surface area contributed by atoms with E-state index in [9.17, 15) is 9.18 Å². The van der Waals surface area contributed by atoms with Crippen LogP contribution in [0.15, 0.2) is 29.4 Å². The number of carbonyl (C=O) groups is 1. The van der Waals surface area contributed by atoms with E-state index in [0.29, 0.717) is 12.3 Å². The largest absolute Gasteiger partial charge is 0.483 e. The van der Waals surface area contributed by atoms with Crippen LogP contribution in [0.5, 0.6) is 5.75 Å². The number of rotatable bonds is 9. The van der Waals surface area contributed by atoms with Crippen molar-refractivity contribution in [3.05, 3.63) is 35.9 Å². The first-order valence-electron chi connectivity index (χ1n) is 11.8. The molecule has 6 nitrogen and oxygen atoms in total. The van der Waals surface area contributed by atoms with Crippen LogP contribution < -0.4 is 4.74 Å². The van der Waals surface area contributed by atoms with Crippen molar-refractivity contribution in [2.24, 2.45) is 17.8 Å². The summed E-state index contributed by atoms with van der Waals surface area (Å²) in [7, 11) is 0. The molecule has 0 N–H and O–H groups in total. The third-order valence-corrected chi connectivity index (χ3v) is 8.44. The Hall–Kier alpha value is -2.09. The van der Waals surface area contributed by atoms with Gasteiger partial charge in [-0.25, -0.2) is 4.39 Å². The molecule has 4 atom stereocenters. The van der Waals surface area contributed by atoms with Gasteiger partial charge >= 0.3 is 0 Å². The molecule has 2 heterocycles. The number of amides is 1. The lowest BCUT2D eigenvalue weighted by molar-refractivity contribution is -0.127. The summed E-state index contributed by atoms with van der Waals surface area (Å²) in [5.74, 6) is 3.90. The molecule has 1 saturated heterocycles. The topological polar surface area (TPSA) is 60.2 Å². The fraction of sp³-hybridized carbons (Fsp3) is 0.625. The molecule has 1 amide bonds. The molecular weight excluding hydrogens is 427 g/mol. The fourth-order valence-corrected chi connectivity index (χ4v) is 6.88. The average Bonchev–Trinajstić information content (AvgIpc) is 3.58. The van der Waals surface area contributed by atoms with Gasteiger partial charge in [0.2, 0.25) is 5.91 Å². The van der Waals surface area contributed by atoms with Gasteiger partial charge in [0.05, 0.1) is 0 Å². The summed E-state index contributed by atoms with van der Waals surface area (Å²) in [4.78, 5) is 13.9. The maximum absolute atomic E-state index is 14.0. The highest BCUT2D eigenvalue weighted by atomic mass is 32.2. The number of ether oxygens (including phenoxy) is 1. The van der Waals surface area contributed by atoms with Crippen LogP contribution in [0.4, 0.5) is 4.39 Å². The molecule has 8 heteroatoms. The summed E-state index contributed by atoms with van der Waals surface area (Å²) < 4.78 is 22.1. The average molecular weight is 459 g/mol. The zero-order chi connectivity index (χ0) is 22.1. The van der Waals surface area contributed by atoms with E-state index in [2.05, 4.69) is 21.7 Å². The molecule has 1 aliphatic heterocycles. The molecule has 0 radical (unpaired) electrons. The normalized spacial score (nSPS) is 25.6. The molecule has 3 aliphatic rings. The Kier molecular flexibility index (Phi) is 6.40. The Morgan fingerprint density at radius 2 is 2.12 bits per heavy atom. The quantitative estimate of drug-likeness (QED) is 0.510. The van der Waals surface area contributed by atoms with Crippen molar-refractivity contribution >= 4 is 17.7 Å². The van der Waals surface area contributed by atoms with Crippen LogP contribution in [-0.4, -0.2) is 44.4 Å². The molecule has 172 valence electrons. The number of carbonyl (C=O) groups excluding carboxylic acids is 1. The lowest BCUT2D eigenvalue weighted by Crippen LogP contribution is -2.27. The first-order valence-corrected chi connectivity index (χ1v) is 12.8. The predicted octanol–water partition coefficient (Wildman–Crippen LogP) is 4.71. The number of thioether (sulfide) groups is 1. The van der Waals surface area contributed by atoms with Gasteiger partial charge in [-0.2, -0.15) is 0 Å². The van der Waals surface area contributed by atoms with Crippen molar-refractivity contribution in [2.75, 3.05) is 18.8 Å². The Balaban J connectivity index is 1.32. The second kappa shape index (κ2) is 9.41. The highest BCUT2D eigenvalue weighted by molar-refractivity contribution is 7.99. The summed E-state index contributed by atoms with van der Waals surface area (Å²) >= 11 is 1.65. The Morgan fingerprint density at radius 3 is 2.84 bits per heavy atom. The minimum absolute atomic E-state index is 0.185. The maximum atomic E-state index is 14.0. The van der Waals surface area contributed by atoms with Crippen LogP contribution >= 0.6 is 11.8 Å². The Morgan fingerprint density at radius 1 is 1.25 bits per heavy atom. The minimum Gasteiger partial charge on any atom is -0.483 e. The van der Waals surface area contributed by atoms with Crippen LogP contribution in [0.1, 0.15) is 57.3 Å². The molecule has 1 aromatic carbocycles. The first kappa shape index (κ1) is 21.7. The van der Waals surface area contributed by atoms with Gasteiger partial charge in [0.1, 0.15) is 6.61 Å². The van der Waals surface area contributed by atoms with Gasteiger partial charge in [-0.15, -0.1) is 10.2 Å². The number of fused-ring (bicyclic) bond motifs is 2. The molecule has 0 spiro atoms. The van der Waals surface area contributed by atoms with E-state index in [1.807, 2.05) is 4.90 Å². The number of halogens is 1. The molecule has 1 aromatic heterocycles. The second-order valence-electron chi connectivity index (χ2n) is 9.40. The maximum Gasteiger partial charge on any atom is 0.222 e. The van der Waals surface area contributed by atoms with Crippen LogP contribution in [-0.2, 0) is 11.4 Å². The van der Waals surface area contributed by atoms with Gasteiger partial charge in [-0.3, -0.25) is 9.36 Å². The summed E-state index contributed by atoms with van der Waals surface area (Å²) in [6.07, 6.45) is 6.92. The van der Waals surface area contributed by atoms with Gasteiger partial charge in [0.25, 0.3) is 0 Å². The number of likely N-dealkylation sites (tertiary alicyclic amines) is 1. The van der Waals surface area contributed by atoms with E-state index < -0.39 is 0 Å². The van der Waals surface area contributed by atoms with E-state index in [4.69, 9.17) is 4.74 Å². The number of hydrogen-bond donors (Lipinski definition) is 0. The summed E-state index contributed by atoms with van der Waals surface area (Å²) in [5, 5.41) is 9.81. The van der Waals surface area contributed by atoms with Crippen LogP contribution in [0, 0.1) is 23.6 Å². The van der Waals surface area contributed by atoms with E-state index in [0.717, 1.165) is 48.1 Å². The molecule has 32 heavy (non-hydrogen) atoms. The first-order chi connectivity index (χ1) is 15.6. The molecule has 4 unspecified atom stereocenters. The third-order valence-electron chi connectivity index (χ3n) is 7.51. The van der Waals surface area contributed by atoms with Crippen molar-refractivity contribution < 1.29 is 13.9 Å². The van der Waals surface area contributed by atoms with Gasteiger partial charge in [0.15, 0.2) is 22.5 Å². The van der Waals surface area contributed by atoms with Gasteiger partial charge in [0, 0.05) is 31.3 Å². The molecule has 2 aromatic rings. The Labute approximate surface area is 192 Å². The van der Waals surface area contributed by atoms with Gasteiger partial charge < -0.3 is 9.64 Å². The molecule has 2 saturated carbocycles. The standard InChI is InChI=1S/C24H31FN4O2S/c1-16(19-14-17-8-9-18(19)13-17)29-22(15-31-21-6-3-2-5-20(21)25)26-27-24(29)32-12-11-28-10-4-7-23(28)30/h2-3,5-6,16-19H,4,7-15H2,1H3. The van der Waals surface area contributed by atoms with Gasteiger partial charge in [-0.05, 0) is 62.5 Å². The summed E-state index contributed by atoms with van der Waals surface area (Å²) in [6, 6.07) is 6.73. The number of para-hydroxylation sites is 1. The van der Waals surface area contributed by atoms with Crippen molar-refractivity contribution in [1.82, 2.24) is 19.7 Å². The number of aromatic nitrogens is 3. The van der Waals surface area contributed by atoms with E-state index in [1.165, 1.54) is 31.7 Å². The van der Waals surface area contributed by atoms with Crippen molar-refractivity contribution in [2.45, 2.75) is 63.3 Å². The highest BCUT2D eigenvalue weighted by Gasteiger charge is 2.43. The molecule has 3 fully saturated rings. The number of benzene rings is 1. The molecule has 5 rings (SSSR count). The monoisotopic (exact) mass is 458 g/mol.